The molecule has 0 saturated heterocycles. The molecule has 0 aliphatic carbocycles. The number of esters is 2. The summed E-state index contributed by atoms with van der Waals surface area (Å²) in [5, 5.41) is 11.9. The van der Waals surface area contributed by atoms with Crippen LogP contribution in [0.4, 0.5) is 0 Å². The molecule has 2 unspecified atom stereocenters. The average molecular weight is 1370 g/mol. The van der Waals surface area contributed by atoms with Crippen molar-refractivity contribution in [1.29, 1.82) is 0 Å². The van der Waals surface area contributed by atoms with Gasteiger partial charge in [-0.15, -0.1) is 0 Å². The molecule has 0 aromatic rings. The van der Waals surface area contributed by atoms with Crippen molar-refractivity contribution in [3.8, 4) is 0 Å². The zero-order chi connectivity index (χ0) is 71.1. The van der Waals surface area contributed by atoms with E-state index in [9.17, 15) is 19.5 Å². The molecule has 0 amide bonds. The summed E-state index contributed by atoms with van der Waals surface area (Å²) in [7, 11) is 5.93. The fourth-order valence-corrected chi connectivity index (χ4v) is 11.5. The summed E-state index contributed by atoms with van der Waals surface area (Å²) in [6.45, 7) is 4.66. The minimum absolute atomic E-state index is 0.141. The van der Waals surface area contributed by atoms with Crippen molar-refractivity contribution < 1.29 is 42.9 Å². The van der Waals surface area contributed by atoms with E-state index in [2.05, 4.69) is 148 Å². The number of carboxylic acid groups (broad SMARTS) is 1. The van der Waals surface area contributed by atoms with E-state index in [0.29, 0.717) is 17.4 Å². The van der Waals surface area contributed by atoms with Crippen molar-refractivity contribution in [2.45, 2.75) is 367 Å². The number of nitrogens with zero attached hydrogens (tertiary/aromatic N) is 1. The van der Waals surface area contributed by atoms with Gasteiger partial charge in [-0.1, -0.05) is 379 Å². The molecular formula is C89H153NO8. The third kappa shape index (κ3) is 78.8. The first-order chi connectivity index (χ1) is 48.1. The highest BCUT2D eigenvalue weighted by molar-refractivity contribution is 5.70. The molecule has 0 aromatic carbocycles. The number of unbranched alkanes of at least 4 members (excludes halogenated alkanes) is 38. The number of allylic oxidation sites excluding steroid dienone is 22. The molecule has 0 aliphatic heterocycles. The molecule has 0 spiro atoms. The number of quaternary nitrogens is 1. The Hall–Kier alpha value is -4.57. The number of ether oxygens (including phenoxy) is 4. The van der Waals surface area contributed by atoms with Gasteiger partial charge in [0.05, 0.1) is 40.3 Å². The van der Waals surface area contributed by atoms with E-state index in [1.54, 1.807) is 0 Å². The normalized spacial score (nSPS) is 13.4. The third-order valence-corrected chi connectivity index (χ3v) is 17.7. The average Bonchev–Trinajstić information content (AvgIpc) is 1.40. The number of hydrogen-bond donors (Lipinski definition) is 0. The van der Waals surface area contributed by atoms with Gasteiger partial charge in [-0.05, 0) is 96.3 Å². The second-order valence-corrected chi connectivity index (χ2v) is 28.3. The monoisotopic (exact) mass is 1360 g/mol. The summed E-state index contributed by atoms with van der Waals surface area (Å²) in [4.78, 5) is 37.6. The van der Waals surface area contributed by atoms with E-state index in [1.807, 2.05) is 21.1 Å². The van der Waals surface area contributed by atoms with Crippen molar-refractivity contribution in [3.05, 3.63) is 134 Å². The van der Waals surface area contributed by atoms with E-state index in [1.165, 1.54) is 205 Å². The van der Waals surface area contributed by atoms with Crippen molar-refractivity contribution >= 4 is 17.9 Å². The largest absolute Gasteiger partial charge is 0.545 e. The van der Waals surface area contributed by atoms with Crippen molar-refractivity contribution in [3.63, 3.8) is 0 Å². The lowest BCUT2D eigenvalue weighted by Gasteiger charge is -2.26. The molecule has 0 bridgehead atoms. The van der Waals surface area contributed by atoms with Gasteiger partial charge < -0.3 is 33.3 Å². The Balaban J connectivity index is 4.09. The summed E-state index contributed by atoms with van der Waals surface area (Å²) in [5.41, 5.74) is 0. The second-order valence-electron chi connectivity index (χ2n) is 28.3. The predicted octanol–water partition coefficient (Wildman–Crippen LogP) is 25.1. The van der Waals surface area contributed by atoms with E-state index >= 15 is 0 Å². The third-order valence-electron chi connectivity index (χ3n) is 17.7. The van der Waals surface area contributed by atoms with E-state index in [-0.39, 0.29) is 38.6 Å². The number of carbonyl (C=O) groups is 3. The molecule has 0 fully saturated rings. The number of carbonyl (C=O) groups excluding carboxylic acids is 3. The standard InChI is InChI=1S/C89H153NO8/c1-6-8-10-12-14-16-18-20-22-24-26-28-30-32-34-36-38-40-41-42-43-44-45-46-47-48-50-52-54-56-58-60-62-64-66-68-70-72-74-76-78-80-87(92)98-85(84-97-89(88(93)94)95-82-81-90(3,4)5)83-96-86(91)79-77-75-73-71-69-67-65-63-61-59-57-55-53-51-49-39-37-35-33-31-29-27-25-23-21-19-17-15-13-11-9-7-2/h8,10,14,16,20,22,26,28,32,34,38,40,42-43,45-46,48,50,54,56,60,62,85,89H,6-7,9,11-13,15,17-19,21,23-25,27,29-31,33,35-37,39,41,44,47,49,51-53,55,57-59,61,63-84H2,1-5H3/b10-8-,16-14-,22-20-,28-26-,34-32-,40-38-,43-42-,46-45-,50-48-,56-54-,62-60-. The van der Waals surface area contributed by atoms with Gasteiger partial charge in [0.1, 0.15) is 13.2 Å². The Morgan fingerprint density at radius 3 is 0.867 bits per heavy atom. The minimum Gasteiger partial charge on any atom is -0.545 e. The van der Waals surface area contributed by atoms with Crippen LogP contribution in [0.15, 0.2) is 134 Å². The number of aliphatic carboxylic acids is 1. The maximum Gasteiger partial charge on any atom is 0.306 e. The van der Waals surface area contributed by atoms with Crippen molar-refractivity contribution in [2.75, 3.05) is 47.5 Å². The van der Waals surface area contributed by atoms with Gasteiger partial charge in [-0.2, -0.15) is 0 Å². The van der Waals surface area contributed by atoms with Crippen molar-refractivity contribution in [2.24, 2.45) is 0 Å². The smallest absolute Gasteiger partial charge is 0.306 e. The molecule has 9 nitrogen and oxygen atoms in total. The minimum atomic E-state index is -1.63. The first-order valence-electron chi connectivity index (χ1n) is 40.8. The van der Waals surface area contributed by atoms with Gasteiger partial charge in [0.25, 0.3) is 0 Å². The van der Waals surface area contributed by atoms with Gasteiger partial charge in [-0.3, -0.25) is 9.59 Å². The van der Waals surface area contributed by atoms with Gasteiger partial charge in [0.2, 0.25) is 0 Å². The van der Waals surface area contributed by atoms with Gasteiger partial charge >= 0.3 is 11.9 Å². The van der Waals surface area contributed by atoms with Crippen LogP contribution in [0.5, 0.6) is 0 Å². The highest BCUT2D eigenvalue weighted by Gasteiger charge is 2.22. The van der Waals surface area contributed by atoms with Crippen LogP contribution >= 0.6 is 0 Å². The van der Waals surface area contributed by atoms with Gasteiger partial charge in [0, 0.05) is 12.8 Å². The van der Waals surface area contributed by atoms with E-state index in [4.69, 9.17) is 18.9 Å². The molecule has 0 radical (unpaired) electrons. The summed E-state index contributed by atoms with van der Waals surface area (Å²) in [6, 6.07) is 0. The lowest BCUT2D eigenvalue weighted by molar-refractivity contribution is -0.870. The number of carboxylic acids is 1. The highest BCUT2D eigenvalue weighted by Crippen LogP contribution is 2.19. The number of hydrogen-bond acceptors (Lipinski definition) is 8. The zero-order valence-corrected chi connectivity index (χ0v) is 64.4. The van der Waals surface area contributed by atoms with Crippen LogP contribution in [-0.2, 0) is 33.3 Å². The summed E-state index contributed by atoms with van der Waals surface area (Å²) in [6.07, 6.45) is 110. The first-order valence-corrected chi connectivity index (χ1v) is 40.8. The van der Waals surface area contributed by atoms with Crippen LogP contribution in [0.1, 0.15) is 354 Å². The van der Waals surface area contributed by atoms with Crippen LogP contribution < -0.4 is 5.11 Å². The topological polar surface area (TPSA) is 111 Å². The van der Waals surface area contributed by atoms with E-state index in [0.717, 1.165) is 116 Å². The van der Waals surface area contributed by atoms with Crippen LogP contribution in [-0.4, -0.2) is 82.3 Å². The summed E-state index contributed by atoms with van der Waals surface area (Å²) in [5.74, 6) is -2.29. The Kier molecular flexibility index (Phi) is 74.5. The van der Waals surface area contributed by atoms with Crippen LogP contribution in [0, 0.1) is 0 Å². The molecule has 0 saturated carbocycles. The molecule has 0 aliphatic rings. The second kappa shape index (κ2) is 78.2. The zero-order valence-electron chi connectivity index (χ0n) is 64.4. The Labute approximate surface area is 605 Å². The van der Waals surface area contributed by atoms with Crippen LogP contribution in [0.3, 0.4) is 0 Å². The van der Waals surface area contributed by atoms with Crippen molar-refractivity contribution in [1.82, 2.24) is 0 Å². The number of rotatable bonds is 75. The predicted molar refractivity (Wildman–Crippen MR) is 421 cm³/mol. The summed E-state index contributed by atoms with van der Waals surface area (Å²) < 4.78 is 22.9. The van der Waals surface area contributed by atoms with Gasteiger partial charge in [-0.25, -0.2) is 0 Å². The van der Waals surface area contributed by atoms with Gasteiger partial charge in [0.15, 0.2) is 12.4 Å². The highest BCUT2D eigenvalue weighted by atomic mass is 16.7. The molecule has 98 heavy (non-hydrogen) atoms. The van der Waals surface area contributed by atoms with Crippen LogP contribution in [0.2, 0.25) is 0 Å². The lowest BCUT2D eigenvalue weighted by atomic mass is 10.0. The molecule has 2 atom stereocenters. The molecule has 0 heterocycles. The SMILES string of the molecule is CC/C=C\C/C=C\C/C=C\C/C=C\C/C=C\C/C=C\C/C=C\C/C=C\C/C=C\C/C=C\C/C=C\CCCCCCCCCC(=O)OC(COC(=O)CCCCCCCCCCCCCCCCCCCCCCCCCCCCCCCCCC)COC(OCC[N+](C)(C)C)C(=O)[O-]. The summed E-state index contributed by atoms with van der Waals surface area (Å²) >= 11 is 0. The molecule has 0 N–H and O–H groups in total. The first kappa shape index (κ1) is 93.4. The molecule has 0 aromatic heterocycles. The molecule has 0 rings (SSSR count). The Bertz CT molecular complexity index is 2080. The molecule has 562 valence electrons. The quantitative estimate of drug-likeness (QED) is 0.0195. The number of likely N-dealkylation sites (N-methyl/N-ethyl adjacent to an activating group) is 1. The maximum atomic E-state index is 13.0. The Morgan fingerprint density at radius 1 is 0.316 bits per heavy atom. The van der Waals surface area contributed by atoms with E-state index < -0.39 is 24.3 Å². The molecule has 9 heteroatoms. The fraction of sp³-hybridized carbons (Fsp3) is 0.719. The lowest BCUT2D eigenvalue weighted by Crippen LogP contribution is -2.44. The Morgan fingerprint density at radius 2 is 0.582 bits per heavy atom. The maximum absolute atomic E-state index is 13.0. The van der Waals surface area contributed by atoms with Crippen LogP contribution in [0.25, 0.3) is 0 Å². The fourth-order valence-electron chi connectivity index (χ4n) is 11.5. The molecular weight excluding hydrogens is 1210 g/mol.